The number of benzene rings is 3. The molecule has 0 aliphatic heterocycles. The smallest absolute Gasteiger partial charge is 0.262 e. The van der Waals surface area contributed by atoms with Crippen molar-refractivity contribution in [1.29, 1.82) is 5.26 Å². The van der Waals surface area contributed by atoms with Crippen molar-refractivity contribution in [2.75, 3.05) is 6.54 Å². The third-order valence-corrected chi connectivity index (χ3v) is 5.53. The molecule has 0 aliphatic rings. The highest BCUT2D eigenvalue weighted by Gasteiger charge is 2.15. The highest BCUT2D eigenvalue weighted by Crippen LogP contribution is 2.28. The van der Waals surface area contributed by atoms with Gasteiger partial charge in [0.25, 0.3) is 5.91 Å². The third kappa shape index (κ3) is 6.09. The fourth-order valence-electron chi connectivity index (χ4n) is 3.45. The van der Waals surface area contributed by atoms with Gasteiger partial charge in [0.2, 0.25) is 0 Å². The predicted octanol–water partition coefficient (Wildman–Crippen LogP) is 5.98. The van der Waals surface area contributed by atoms with E-state index >= 15 is 0 Å². The molecule has 1 amide bonds. The number of nitrogens with one attached hydrogen (secondary N) is 1. The second kappa shape index (κ2) is 11.7. The second-order valence-corrected chi connectivity index (χ2v) is 8.26. The van der Waals surface area contributed by atoms with Crippen LogP contribution in [0.4, 0.5) is 0 Å². The molecule has 0 aliphatic carbocycles. The van der Waals surface area contributed by atoms with Crippen LogP contribution in [0.2, 0.25) is 5.02 Å². The maximum absolute atomic E-state index is 12.4. The Labute approximate surface area is 214 Å². The van der Waals surface area contributed by atoms with E-state index in [0.29, 0.717) is 28.6 Å². The van der Waals surface area contributed by atoms with Crippen molar-refractivity contribution in [3.05, 3.63) is 119 Å². The van der Waals surface area contributed by atoms with Crippen LogP contribution >= 0.6 is 11.6 Å². The normalized spacial score (nSPS) is 10.9. The Morgan fingerprint density at radius 1 is 1.08 bits per heavy atom. The van der Waals surface area contributed by atoms with E-state index in [2.05, 4.69) is 11.9 Å². The predicted molar refractivity (Wildman–Crippen MR) is 142 cm³/mol. The number of carbonyl (C=O) groups is 1. The molecule has 178 valence electrons. The Hall–Kier alpha value is -4.60. The lowest BCUT2D eigenvalue weighted by molar-refractivity contribution is -0.116. The van der Waals surface area contributed by atoms with Gasteiger partial charge in [0, 0.05) is 28.9 Å². The first-order valence-electron chi connectivity index (χ1n) is 11.2. The summed E-state index contributed by atoms with van der Waals surface area (Å²) in [5, 5.41) is 17.7. The highest BCUT2D eigenvalue weighted by atomic mass is 35.5. The summed E-state index contributed by atoms with van der Waals surface area (Å²) in [6.07, 6.45) is 4.90. The van der Waals surface area contributed by atoms with Crippen LogP contribution in [0.15, 0.2) is 103 Å². The molecule has 1 heterocycles. The van der Waals surface area contributed by atoms with Crippen LogP contribution in [0.25, 0.3) is 23.0 Å². The largest absolute Gasteiger partial charge is 0.489 e. The zero-order valence-corrected chi connectivity index (χ0v) is 20.2. The molecule has 1 aromatic heterocycles. The molecule has 1 N–H and O–H groups in total. The van der Waals surface area contributed by atoms with Crippen molar-refractivity contribution in [3.63, 3.8) is 0 Å². The molecule has 7 heteroatoms. The quantitative estimate of drug-likeness (QED) is 0.176. The van der Waals surface area contributed by atoms with E-state index < -0.39 is 5.91 Å². The molecule has 0 unspecified atom stereocenters. The maximum Gasteiger partial charge on any atom is 0.262 e. The molecule has 4 rings (SSSR count). The molecule has 3 aromatic carbocycles. The molecule has 0 fully saturated rings. The van der Waals surface area contributed by atoms with E-state index in [-0.39, 0.29) is 12.1 Å². The van der Waals surface area contributed by atoms with Gasteiger partial charge in [-0.05, 0) is 60.2 Å². The topological polar surface area (TPSA) is 79.9 Å². The Kier molecular flexibility index (Phi) is 7.97. The lowest BCUT2D eigenvalue weighted by Gasteiger charge is -2.07. The van der Waals surface area contributed by atoms with Crippen molar-refractivity contribution >= 4 is 23.6 Å². The SMILES string of the molecule is C=CCNC(=O)/C(C#N)=C\c1cn(-c2ccccc2)nc1-c1ccc(OCc2ccc(Cl)cc2)cc1. The first-order valence-corrected chi connectivity index (χ1v) is 11.6. The van der Waals surface area contributed by atoms with E-state index in [1.54, 1.807) is 23.0 Å². The molecule has 4 aromatic rings. The lowest BCUT2D eigenvalue weighted by Crippen LogP contribution is -2.24. The number of ether oxygens (including phenoxy) is 1. The van der Waals surface area contributed by atoms with Gasteiger partial charge in [0.1, 0.15) is 24.0 Å². The minimum Gasteiger partial charge on any atom is -0.489 e. The van der Waals surface area contributed by atoms with Crippen molar-refractivity contribution in [1.82, 2.24) is 15.1 Å². The average Bonchev–Trinajstić information content (AvgIpc) is 3.34. The summed E-state index contributed by atoms with van der Waals surface area (Å²) in [6, 6.07) is 26.6. The van der Waals surface area contributed by atoms with Crippen LogP contribution in [0.1, 0.15) is 11.1 Å². The molecule has 0 bridgehead atoms. The monoisotopic (exact) mass is 494 g/mol. The number of hydrogen-bond donors (Lipinski definition) is 1. The van der Waals surface area contributed by atoms with Crippen molar-refractivity contribution in [2.24, 2.45) is 0 Å². The van der Waals surface area contributed by atoms with Crippen molar-refractivity contribution in [2.45, 2.75) is 6.61 Å². The van der Waals surface area contributed by atoms with Crippen LogP contribution in [0.5, 0.6) is 5.75 Å². The fraction of sp³-hybridized carbons (Fsp3) is 0.0690. The number of para-hydroxylation sites is 1. The number of rotatable bonds is 9. The number of carbonyl (C=O) groups excluding carboxylic acids is 1. The number of aromatic nitrogens is 2. The maximum atomic E-state index is 12.4. The first-order chi connectivity index (χ1) is 17.6. The Bertz CT molecular complexity index is 1420. The van der Waals surface area contributed by atoms with Gasteiger partial charge in [0.15, 0.2) is 0 Å². The molecule has 36 heavy (non-hydrogen) atoms. The highest BCUT2D eigenvalue weighted by molar-refractivity contribution is 6.30. The summed E-state index contributed by atoms with van der Waals surface area (Å²) >= 11 is 5.94. The Morgan fingerprint density at radius 3 is 2.47 bits per heavy atom. The summed E-state index contributed by atoms with van der Waals surface area (Å²) in [4.78, 5) is 12.4. The van der Waals surface area contributed by atoms with E-state index in [4.69, 9.17) is 21.4 Å². The van der Waals surface area contributed by atoms with Crippen molar-refractivity contribution in [3.8, 4) is 28.8 Å². The summed E-state index contributed by atoms with van der Waals surface area (Å²) in [6.45, 7) is 4.27. The summed E-state index contributed by atoms with van der Waals surface area (Å²) in [5.74, 6) is 0.233. The van der Waals surface area contributed by atoms with E-state index in [1.807, 2.05) is 84.9 Å². The Morgan fingerprint density at radius 2 is 1.81 bits per heavy atom. The fourth-order valence-corrected chi connectivity index (χ4v) is 3.58. The van der Waals surface area contributed by atoms with Gasteiger partial charge in [-0.15, -0.1) is 6.58 Å². The van der Waals surface area contributed by atoms with Crippen molar-refractivity contribution < 1.29 is 9.53 Å². The van der Waals surface area contributed by atoms with Crippen LogP contribution in [0, 0.1) is 11.3 Å². The van der Waals surface area contributed by atoms with Crippen LogP contribution in [-0.2, 0) is 11.4 Å². The van der Waals surface area contributed by atoms with E-state index in [1.165, 1.54) is 0 Å². The molecular weight excluding hydrogens is 472 g/mol. The van der Waals surface area contributed by atoms with E-state index in [9.17, 15) is 10.1 Å². The average molecular weight is 495 g/mol. The van der Waals surface area contributed by atoms with Gasteiger partial charge >= 0.3 is 0 Å². The number of nitrogens with zero attached hydrogens (tertiary/aromatic N) is 3. The van der Waals surface area contributed by atoms with Gasteiger partial charge < -0.3 is 10.1 Å². The molecule has 6 nitrogen and oxygen atoms in total. The Balaban J connectivity index is 1.64. The zero-order valence-electron chi connectivity index (χ0n) is 19.4. The third-order valence-electron chi connectivity index (χ3n) is 5.28. The van der Waals surface area contributed by atoms with E-state index in [0.717, 1.165) is 16.8 Å². The summed E-state index contributed by atoms with van der Waals surface area (Å²) in [7, 11) is 0. The van der Waals surface area contributed by atoms with Crippen LogP contribution < -0.4 is 10.1 Å². The number of hydrogen-bond acceptors (Lipinski definition) is 4. The summed E-state index contributed by atoms with van der Waals surface area (Å²) in [5.41, 5.74) is 3.94. The van der Waals surface area contributed by atoms with Gasteiger partial charge in [-0.2, -0.15) is 10.4 Å². The molecule has 0 saturated heterocycles. The lowest BCUT2D eigenvalue weighted by atomic mass is 10.1. The number of amides is 1. The first kappa shape index (κ1) is 24.5. The standard InChI is InChI=1S/C29H23ClN4O2/c1-2-16-32-29(35)23(18-31)17-24-19-34(26-6-4-3-5-7-26)33-28(24)22-10-14-27(15-11-22)36-20-21-8-12-25(30)13-9-21/h2-15,17,19H,1,16,20H2,(H,32,35)/b23-17-. The van der Waals surface area contributed by atoms with Gasteiger partial charge in [-0.3, -0.25) is 4.79 Å². The minimum atomic E-state index is -0.471. The zero-order chi connectivity index (χ0) is 25.3. The van der Waals surface area contributed by atoms with Crippen LogP contribution in [-0.4, -0.2) is 22.2 Å². The summed E-state index contributed by atoms with van der Waals surface area (Å²) < 4.78 is 7.62. The molecular formula is C29H23ClN4O2. The number of nitriles is 1. The number of halogens is 1. The molecule has 0 saturated carbocycles. The molecule has 0 radical (unpaired) electrons. The van der Waals surface area contributed by atoms with Gasteiger partial charge in [0.05, 0.1) is 11.4 Å². The van der Waals surface area contributed by atoms with Gasteiger partial charge in [-0.25, -0.2) is 4.68 Å². The molecule has 0 spiro atoms. The van der Waals surface area contributed by atoms with Gasteiger partial charge in [-0.1, -0.05) is 48.0 Å². The minimum absolute atomic E-state index is 0.0198. The molecule has 0 atom stereocenters. The van der Waals surface area contributed by atoms with Crippen LogP contribution in [0.3, 0.4) is 0 Å². The second-order valence-electron chi connectivity index (χ2n) is 7.82.